The molecule has 92 valence electrons. The van der Waals surface area contributed by atoms with E-state index in [0.717, 1.165) is 0 Å². The van der Waals surface area contributed by atoms with Crippen molar-refractivity contribution < 1.29 is 9.96 Å². The fraction of sp³-hybridized carbons (Fsp3) is 1.00. The van der Waals surface area contributed by atoms with E-state index in [1.54, 1.807) is 0 Å². The van der Waals surface area contributed by atoms with Gasteiger partial charge in [-0.15, -0.1) is 0 Å². The third kappa shape index (κ3) is 6.16. The van der Waals surface area contributed by atoms with E-state index in [1.165, 1.54) is 75.5 Å². The zero-order valence-electron chi connectivity index (χ0n) is 10.7. The van der Waals surface area contributed by atoms with Gasteiger partial charge < -0.3 is 9.96 Å². The SMILES string of the molecule is CCCCCCCC[N+]1(C)CCCC1.[OH-]. The fourth-order valence-corrected chi connectivity index (χ4v) is 2.60. The van der Waals surface area contributed by atoms with Crippen LogP contribution in [0.15, 0.2) is 0 Å². The molecular formula is C13H29NO. The van der Waals surface area contributed by atoms with Gasteiger partial charge >= 0.3 is 0 Å². The van der Waals surface area contributed by atoms with Crippen LogP contribution in [0.1, 0.15) is 58.3 Å². The molecule has 0 bridgehead atoms. The second-order valence-electron chi connectivity index (χ2n) is 5.27. The van der Waals surface area contributed by atoms with Crippen LogP contribution in [0.25, 0.3) is 0 Å². The summed E-state index contributed by atoms with van der Waals surface area (Å²) in [6, 6.07) is 0. The lowest BCUT2D eigenvalue weighted by Crippen LogP contribution is -2.41. The summed E-state index contributed by atoms with van der Waals surface area (Å²) in [5.74, 6) is 0. The topological polar surface area (TPSA) is 30.0 Å². The van der Waals surface area contributed by atoms with Gasteiger partial charge in [0.1, 0.15) is 0 Å². The molecule has 0 saturated carbocycles. The van der Waals surface area contributed by atoms with E-state index >= 15 is 0 Å². The van der Waals surface area contributed by atoms with Gasteiger partial charge in [-0.2, -0.15) is 0 Å². The van der Waals surface area contributed by atoms with Crippen LogP contribution in [0.4, 0.5) is 0 Å². The van der Waals surface area contributed by atoms with E-state index < -0.39 is 0 Å². The highest BCUT2D eigenvalue weighted by Gasteiger charge is 2.25. The lowest BCUT2D eigenvalue weighted by atomic mass is 10.1. The van der Waals surface area contributed by atoms with Crippen LogP contribution in [0.2, 0.25) is 0 Å². The second-order valence-corrected chi connectivity index (χ2v) is 5.27. The van der Waals surface area contributed by atoms with Crippen LogP contribution in [-0.4, -0.2) is 36.6 Å². The number of quaternary nitrogens is 1. The predicted molar refractivity (Wildman–Crippen MR) is 65.3 cm³/mol. The maximum Gasteiger partial charge on any atom is 0.0786 e. The number of hydrogen-bond acceptors (Lipinski definition) is 1. The molecule has 0 amide bonds. The van der Waals surface area contributed by atoms with Crippen molar-refractivity contribution in [3.05, 3.63) is 0 Å². The number of unbranched alkanes of at least 4 members (excludes halogenated alkanes) is 5. The van der Waals surface area contributed by atoms with Gasteiger partial charge in [0.15, 0.2) is 0 Å². The molecule has 0 radical (unpaired) electrons. The number of nitrogens with zero attached hydrogens (tertiary/aromatic N) is 1. The normalized spacial score (nSPS) is 18.8. The third-order valence-electron chi connectivity index (χ3n) is 3.70. The Morgan fingerprint density at radius 1 is 0.867 bits per heavy atom. The molecule has 1 fully saturated rings. The van der Waals surface area contributed by atoms with Crippen molar-refractivity contribution >= 4 is 0 Å². The summed E-state index contributed by atoms with van der Waals surface area (Å²) in [7, 11) is 2.44. The molecule has 1 heterocycles. The van der Waals surface area contributed by atoms with Crippen molar-refractivity contribution in [3.63, 3.8) is 0 Å². The summed E-state index contributed by atoms with van der Waals surface area (Å²) in [6.45, 7) is 6.60. The highest BCUT2D eigenvalue weighted by atomic mass is 16.0. The first-order valence-electron chi connectivity index (χ1n) is 6.60. The van der Waals surface area contributed by atoms with Crippen molar-refractivity contribution in [2.75, 3.05) is 26.7 Å². The van der Waals surface area contributed by atoms with Gasteiger partial charge in [-0.25, -0.2) is 0 Å². The minimum atomic E-state index is 0. The average molecular weight is 215 g/mol. The van der Waals surface area contributed by atoms with E-state index in [0.29, 0.717) is 0 Å². The molecule has 2 nitrogen and oxygen atoms in total. The van der Waals surface area contributed by atoms with Gasteiger partial charge in [-0.3, -0.25) is 0 Å². The lowest BCUT2D eigenvalue weighted by molar-refractivity contribution is -0.897. The van der Waals surface area contributed by atoms with Gasteiger partial charge in [0, 0.05) is 12.8 Å². The van der Waals surface area contributed by atoms with Crippen molar-refractivity contribution in [1.82, 2.24) is 0 Å². The Bertz CT molecular complexity index is 141. The monoisotopic (exact) mass is 215 g/mol. The summed E-state index contributed by atoms with van der Waals surface area (Å²) >= 11 is 0. The Balaban J connectivity index is 0.00000196. The van der Waals surface area contributed by atoms with Crippen LogP contribution in [-0.2, 0) is 0 Å². The number of hydrogen-bond donors (Lipinski definition) is 0. The van der Waals surface area contributed by atoms with Gasteiger partial charge in [0.25, 0.3) is 0 Å². The van der Waals surface area contributed by atoms with E-state index in [4.69, 9.17) is 0 Å². The van der Waals surface area contributed by atoms with E-state index in [9.17, 15) is 0 Å². The molecule has 1 saturated heterocycles. The van der Waals surface area contributed by atoms with Crippen LogP contribution in [0, 0.1) is 0 Å². The summed E-state index contributed by atoms with van der Waals surface area (Å²) in [6.07, 6.45) is 11.6. The third-order valence-corrected chi connectivity index (χ3v) is 3.70. The van der Waals surface area contributed by atoms with Crippen LogP contribution >= 0.6 is 0 Å². The maximum absolute atomic E-state index is 2.44. The largest absolute Gasteiger partial charge is 0.870 e. The zero-order valence-corrected chi connectivity index (χ0v) is 10.7. The van der Waals surface area contributed by atoms with Crippen molar-refractivity contribution in [2.45, 2.75) is 58.3 Å². The molecule has 0 aliphatic carbocycles. The quantitative estimate of drug-likeness (QED) is 0.473. The van der Waals surface area contributed by atoms with Crippen molar-refractivity contribution in [3.8, 4) is 0 Å². The van der Waals surface area contributed by atoms with Crippen molar-refractivity contribution in [2.24, 2.45) is 0 Å². The summed E-state index contributed by atoms with van der Waals surface area (Å²) < 4.78 is 1.37. The predicted octanol–water partition coefficient (Wildman–Crippen LogP) is 3.41. The maximum atomic E-state index is 2.44. The highest BCUT2D eigenvalue weighted by molar-refractivity contribution is 4.52. The molecule has 1 aliphatic rings. The van der Waals surface area contributed by atoms with Gasteiger partial charge in [0.2, 0.25) is 0 Å². The molecule has 0 atom stereocenters. The Hall–Kier alpha value is -0.0800. The second kappa shape index (κ2) is 8.12. The van der Waals surface area contributed by atoms with Crippen LogP contribution in [0.5, 0.6) is 0 Å². The van der Waals surface area contributed by atoms with E-state index in [2.05, 4.69) is 14.0 Å². The number of likely N-dealkylation sites (tertiary alicyclic amines) is 1. The smallest absolute Gasteiger partial charge is 0.0786 e. The van der Waals surface area contributed by atoms with Gasteiger partial charge in [-0.05, 0) is 12.8 Å². The summed E-state index contributed by atoms with van der Waals surface area (Å²) in [4.78, 5) is 0. The highest BCUT2D eigenvalue weighted by Crippen LogP contribution is 2.17. The number of rotatable bonds is 7. The van der Waals surface area contributed by atoms with Gasteiger partial charge in [0.05, 0.1) is 26.7 Å². The first-order valence-corrected chi connectivity index (χ1v) is 6.60. The first-order chi connectivity index (χ1) is 6.77. The first kappa shape index (κ1) is 14.9. The van der Waals surface area contributed by atoms with Gasteiger partial charge in [-0.1, -0.05) is 32.6 Å². The lowest BCUT2D eigenvalue weighted by Gasteiger charge is -2.29. The standard InChI is InChI=1S/C13H28N.H2O/c1-3-4-5-6-7-8-11-14(2)12-9-10-13-14;/h3-13H2,1-2H3;1H2/q+1;/p-1. The molecule has 1 aliphatic heterocycles. The molecule has 15 heavy (non-hydrogen) atoms. The minimum Gasteiger partial charge on any atom is -0.870 e. The minimum absolute atomic E-state index is 0. The Labute approximate surface area is 95.6 Å². The summed E-state index contributed by atoms with van der Waals surface area (Å²) in [5, 5.41) is 0. The van der Waals surface area contributed by atoms with E-state index in [1.807, 2.05) is 0 Å². The molecular weight excluding hydrogens is 186 g/mol. The van der Waals surface area contributed by atoms with Crippen molar-refractivity contribution in [1.29, 1.82) is 0 Å². The Morgan fingerprint density at radius 3 is 2.00 bits per heavy atom. The molecule has 1 rings (SSSR count). The van der Waals surface area contributed by atoms with E-state index in [-0.39, 0.29) is 5.48 Å². The molecule has 0 unspecified atom stereocenters. The molecule has 2 heteroatoms. The zero-order chi connectivity index (χ0) is 10.3. The Morgan fingerprint density at radius 2 is 1.40 bits per heavy atom. The Kier molecular flexibility index (Phi) is 8.07. The molecule has 0 aromatic carbocycles. The molecule has 0 aromatic heterocycles. The van der Waals surface area contributed by atoms with Crippen LogP contribution < -0.4 is 0 Å². The molecule has 0 aromatic rings. The average Bonchev–Trinajstić information content (AvgIpc) is 2.59. The summed E-state index contributed by atoms with van der Waals surface area (Å²) in [5.41, 5.74) is 0. The fourth-order valence-electron chi connectivity index (χ4n) is 2.60. The van der Waals surface area contributed by atoms with Crippen LogP contribution in [0.3, 0.4) is 0 Å². The molecule has 0 spiro atoms. The molecule has 1 N–H and O–H groups in total.